The molecule has 0 spiro atoms. The zero-order chi connectivity index (χ0) is 18.4. The molecule has 1 aliphatic heterocycles. The van der Waals surface area contributed by atoms with Gasteiger partial charge in [0.25, 0.3) is 5.91 Å². The maximum Gasteiger partial charge on any atom is 0.256 e. The Morgan fingerprint density at radius 1 is 1.15 bits per heavy atom. The predicted molar refractivity (Wildman–Crippen MR) is 98.6 cm³/mol. The van der Waals surface area contributed by atoms with E-state index in [4.69, 9.17) is 0 Å². The SMILES string of the molecule is CC(=O)N[C@@H]1C[C@@H]2CN(C(=O)c3cn(C)c4ccccc34)C[C@@H]2C[C@H]1O. The van der Waals surface area contributed by atoms with Crippen molar-refractivity contribution in [3.8, 4) is 0 Å². The van der Waals surface area contributed by atoms with Crippen molar-refractivity contribution in [1.29, 1.82) is 0 Å². The van der Waals surface area contributed by atoms with Crippen LogP contribution in [0.1, 0.15) is 30.1 Å². The molecule has 2 amide bonds. The van der Waals surface area contributed by atoms with Gasteiger partial charge in [-0.15, -0.1) is 0 Å². The number of nitrogens with one attached hydrogen (secondary N) is 1. The minimum Gasteiger partial charge on any atom is -0.391 e. The van der Waals surface area contributed by atoms with E-state index in [9.17, 15) is 14.7 Å². The average molecular weight is 355 g/mol. The molecular formula is C20H25N3O3. The van der Waals surface area contributed by atoms with Crippen molar-refractivity contribution in [2.24, 2.45) is 18.9 Å². The molecule has 1 aromatic carbocycles. The fraction of sp³-hybridized carbons (Fsp3) is 0.500. The third-order valence-electron chi connectivity index (χ3n) is 5.95. The Labute approximate surface area is 152 Å². The van der Waals surface area contributed by atoms with E-state index in [0.29, 0.717) is 31.3 Å². The van der Waals surface area contributed by atoms with E-state index >= 15 is 0 Å². The number of likely N-dealkylation sites (tertiary alicyclic amines) is 1. The van der Waals surface area contributed by atoms with E-state index < -0.39 is 6.10 Å². The van der Waals surface area contributed by atoms with Gasteiger partial charge in [-0.3, -0.25) is 9.59 Å². The van der Waals surface area contributed by atoms with E-state index in [2.05, 4.69) is 5.32 Å². The third-order valence-corrected chi connectivity index (χ3v) is 5.95. The molecule has 4 atom stereocenters. The summed E-state index contributed by atoms with van der Waals surface area (Å²) in [4.78, 5) is 26.4. The second-order valence-corrected chi connectivity index (χ2v) is 7.75. The highest BCUT2D eigenvalue weighted by molar-refractivity contribution is 6.07. The molecule has 4 rings (SSSR count). The van der Waals surface area contributed by atoms with Crippen molar-refractivity contribution in [1.82, 2.24) is 14.8 Å². The lowest BCUT2D eigenvalue weighted by Crippen LogP contribution is -2.48. The van der Waals surface area contributed by atoms with Crippen LogP contribution in [0.2, 0.25) is 0 Å². The number of fused-ring (bicyclic) bond motifs is 2. The fourth-order valence-electron chi connectivity index (χ4n) is 4.69. The van der Waals surface area contributed by atoms with E-state index in [1.807, 2.05) is 47.0 Å². The largest absolute Gasteiger partial charge is 0.391 e. The number of para-hydroxylation sites is 1. The first-order valence-electron chi connectivity index (χ1n) is 9.22. The summed E-state index contributed by atoms with van der Waals surface area (Å²) in [6.45, 7) is 2.84. The van der Waals surface area contributed by atoms with Gasteiger partial charge in [0, 0.05) is 44.2 Å². The Bertz CT molecular complexity index is 859. The molecule has 2 fully saturated rings. The first-order valence-corrected chi connectivity index (χ1v) is 9.22. The van der Waals surface area contributed by atoms with Crippen LogP contribution in [0.4, 0.5) is 0 Å². The van der Waals surface area contributed by atoms with Crippen molar-refractivity contribution in [3.63, 3.8) is 0 Å². The minimum absolute atomic E-state index is 0.0572. The van der Waals surface area contributed by atoms with Crippen LogP contribution < -0.4 is 5.32 Å². The normalized spacial score (nSPS) is 28.2. The van der Waals surface area contributed by atoms with Crippen LogP contribution in [0, 0.1) is 11.8 Å². The van der Waals surface area contributed by atoms with Crippen LogP contribution in [0.5, 0.6) is 0 Å². The van der Waals surface area contributed by atoms with Gasteiger partial charge >= 0.3 is 0 Å². The van der Waals surface area contributed by atoms with Gasteiger partial charge in [-0.05, 0) is 30.7 Å². The minimum atomic E-state index is -0.534. The lowest BCUT2D eigenvalue weighted by molar-refractivity contribution is -0.121. The topological polar surface area (TPSA) is 74.6 Å². The number of rotatable bonds is 2. The number of amides is 2. The van der Waals surface area contributed by atoms with Crippen molar-refractivity contribution in [3.05, 3.63) is 36.0 Å². The number of nitrogens with zero attached hydrogens (tertiary/aromatic N) is 2. The number of carbonyl (C=O) groups excluding carboxylic acids is 2. The second kappa shape index (κ2) is 6.43. The van der Waals surface area contributed by atoms with E-state index in [0.717, 1.165) is 22.9 Å². The van der Waals surface area contributed by atoms with Crippen molar-refractivity contribution < 1.29 is 14.7 Å². The second-order valence-electron chi connectivity index (χ2n) is 7.75. The van der Waals surface area contributed by atoms with Crippen LogP contribution in [-0.2, 0) is 11.8 Å². The quantitative estimate of drug-likeness (QED) is 0.858. The molecule has 1 saturated carbocycles. The van der Waals surface area contributed by atoms with Crippen LogP contribution in [0.25, 0.3) is 10.9 Å². The molecule has 1 aliphatic carbocycles. The molecule has 2 N–H and O–H groups in total. The highest BCUT2D eigenvalue weighted by Crippen LogP contribution is 2.37. The molecule has 0 unspecified atom stereocenters. The number of benzene rings is 1. The Hall–Kier alpha value is -2.34. The maximum atomic E-state index is 13.1. The van der Waals surface area contributed by atoms with E-state index in [1.165, 1.54) is 6.92 Å². The number of aromatic nitrogens is 1. The van der Waals surface area contributed by atoms with E-state index in [-0.39, 0.29) is 17.9 Å². The van der Waals surface area contributed by atoms with Gasteiger partial charge < -0.3 is 19.9 Å². The molecule has 1 saturated heterocycles. The third kappa shape index (κ3) is 2.88. The van der Waals surface area contributed by atoms with Crippen LogP contribution in [-0.4, -0.2) is 51.6 Å². The Balaban J connectivity index is 1.53. The van der Waals surface area contributed by atoms with Gasteiger partial charge in [0.05, 0.1) is 17.7 Å². The van der Waals surface area contributed by atoms with Crippen molar-refractivity contribution in [2.75, 3.05) is 13.1 Å². The number of carbonyl (C=O) groups is 2. The van der Waals surface area contributed by atoms with Gasteiger partial charge in [-0.2, -0.15) is 0 Å². The molecule has 0 bridgehead atoms. The van der Waals surface area contributed by atoms with Crippen molar-refractivity contribution in [2.45, 2.75) is 31.9 Å². The zero-order valence-corrected chi connectivity index (χ0v) is 15.2. The van der Waals surface area contributed by atoms with Crippen molar-refractivity contribution >= 4 is 22.7 Å². The molecule has 6 nitrogen and oxygen atoms in total. The molecule has 1 aromatic heterocycles. The Morgan fingerprint density at radius 2 is 1.85 bits per heavy atom. The highest BCUT2D eigenvalue weighted by atomic mass is 16.3. The zero-order valence-electron chi connectivity index (χ0n) is 15.2. The fourth-order valence-corrected chi connectivity index (χ4v) is 4.69. The number of hydrogen-bond donors (Lipinski definition) is 2. The van der Waals surface area contributed by atoms with Crippen LogP contribution in [0.3, 0.4) is 0 Å². The van der Waals surface area contributed by atoms with Gasteiger partial charge in [0.2, 0.25) is 5.91 Å². The first-order chi connectivity index (χ1) is 12.4. The van der Waals surface area contributed by atoms with Crippen LogP contribution in [0.15, 0.2) is 30.5 Å². The summed E-state index contributed by atoms with van der Waals surface area (Å²) in [7, 11) is 1.96. The number of aryl methyl sites for hydroxylation is 1. The lowest BCUT2D eigenvalue weighted by atomic mass is 9.77. The molecule has 2 aromatic rings. The molecule has 6 heteroatoms. The Morgan fingerprint density at radius 3 is 2.58 bits per heavy atom. The smallest absolute Gasteiger partial charge is 0.256 e. The summed E-state index contributed by atoms with van der Waals surface area (Å²) in [5.74, 6) is 0.569. The molecule has 2 heterocycles. The number of hydrogen-bond acceptors (Lipinski definition) is 3. The first kappa shape index (κ1) is 17.1. The lowest BCUT2D eigenvalue weighted by Gasteiger charge is -2.35. The molecule has 2 aliphatic rings. The molecular weight excluding hydrogens is 330 g/mol. The number of aliphatic hydroxyl groups excluding tert-OH is 1. The number of aliphatic hydroxyl groups is 1. The summed E-state index contributed by atoms with van der Waals surface area (Å²) in [6.07, 6.45) is 2.73. The molecule has 0 radical (unpaired) electrons. The highest BCUT2D eigenvalue weighted by Gasteiger charge is 2.43. The average Bonchev–Trinajstić information content (AvgIpc) is 3.16. The summed E-state index contributed by atoms with van der Waals surface area (Å²) in [6, 6.07) is 7.73. The Kier molecular flexibility index (Phi) is 4.23. The van der Waals surface area contributed by atoms with E-state index in [1.54, 1.807) is 0 Å². The summed E-state index contributed by atoms with van der Waals surface area (Å²) < 4.78 is 1.99. The van der Waals surface area contributed by atoms with Crippen LogP contribution >= 0.6 is 0 Å². The van der Waals surface area contributed by atoms with Gasteiger partial charge in [-0.1, -0.05) is 18.2 Å². The van der Waals surface area contributed by atoms with Gasteiger partial charge in [0.1, 0.15) is 0 Å². The standard InChI is InChI=1S/C20H25N3O3/c1-12(24)21-17-7-13-9-23(10-14(13)8-19(17)25)20(26)16-11-22(2)18-6-4-3-5-15(16)18/h3-6,11,13-14,17,19,25H,7-10H2,1-2H3,(H,21,24)/t13-,14+,17-,19-/m1/s1. The molecule has 138 valence electrons. The summed E-state index contributed by atoms with van der Waals surface area (Å²) >= 11 is 0. The molecule has 26 heavy (non-hydrogen) atoms. The summed E-state index contributed by atoms with van der Waals surface area (Å²) in [5, 5.41) is 14.2. The maximum absolute atomic E-state index is 13.1. The van der Waals surface area contributed by atoms with Gasteiger partial charge in [-0.25, -0.2) is 0 Å². The predicted octanol–water partition coefficient (Wildman–Crippen LogP) is 1.53. The monoisotopic (exact) mass is 355 g/mol. The van der Waals surface area contributed by atoms with Gasteiger partial charge in [0.15, 0.2) is 0 Å². The summed E-state index contributed by atoms with van der Waals surface area (Å²) in [5.41, 5.74) is 1.79.